The summed E-state index contributed by atoms with van der Waals surface area (Å²) in [6.07, 6.45) is 3.78. The molecule has 0 aliphatic rings. The summed E-state index contributed by atoms with van der Waals surface area (Å²) in [5.41, 5.74) is 1.62. The van der Waals surface area contributed by atoms with Crippen LogP contribution in [0.15, 0.2) is 41.2 Å². The van der Waals surface area contributed by atoms with Gasteiger partial charge in [-0.05, 0) is 19.1 Å². The lowest BCUT2D eigenvalue weighted by Gasteiger charge is -2.02. The largest absolute Gasteiger partial charge is 0.360 e. The van der Waals surface area contributed by atoms with Crippen LogP contribution in [0.4, 0.5) is 10.6 Å². The third kappa shape index (κ3) is 2.61. The summed E-state index contributed by atoms with van der Waals surface area (Å²) in [5.74, 6) is 1.02. The molecule has 0 aliphatic carbocycles. The number of carbonyl (C=O) groups excluding carboxylic acids is 1. The van der Waals surface area contributed by atoms with Gasteiger partial charge in [-0.15, -0.1) is 0 Å². The number of aromatic nitrogens is 3. The van der Waals surface area contributed by atoms with E-state index in [2.05, 4.69) is 20.8 Å². The standard InChI is InChI=1S/C13H13N5O2/c1-9-6-11(17-20-9)16-13(19)14-7-10-8-18-5-3-2-4-12(18)15-10/h2-6,8H,7H2,1H3,(H2,14,16,17,19). The summed E-state index contributed by atoms with van der Waals surface area (Å²) < 4.78 is 6.76. The molecular weight excluding hydrogens is 258 g/mol. The Bertz CT molecular complexity index is 713. The smallest absolute Gasteiger partial charge is 0.320 e. The number of hydrogen-bond acceptors (Lipinski definition) is 4. The molecule has 3 aromatic heterocycles. The lowest BCUT2D eigenvalue weighted by Crippen LogP contribution is -2.28. The summed E-state index contributed by atoms with van der Waals surface area (Å²) in [6.45, 7) is 2.09. The van der Waals surface area contributed by atoms with Gasteiger partial charge < -0.3 is 14.2 Å². The number of carbonyl (C=O) groups is 1. The number of amides is 2. The fraction of sp³-hybridized carbons (Fsp3) is 0.154. The van der Waals surface area contributed by atoms with Crippen LogP contribution in [-0.2, 0) is 6.54 Å². The fourth-order valence-corrected chi connectivity index (χ4v) is 1.83. The molecule has 0 unspecified atom stereocenters. The zero-order valence-electron chi connectivity index (χ0n) is 10.8. The van der Waals surface area contributed by atoms with Crippen molar-refractivity contribution in [2.75, 3.05) is 5.32 Å². The van der Waals surface area contributed by atoms with Crippen LogP contribution in [0.2, 0.25) is 0 Å². The molecule has 3 aromatic rings. The Morgan fingerprint density at radius 1 is 1.45 bits per heavy atom. The highest BCUT2D eigenvalue weighted by Gasteiger charge is 2.07. The van der Waals surface area contributed by atoms with Gasteiger partial charge in [0.05, 0.1) is 12.2 Å². The quantitative estimate of drug-likeness (QED) is 0.762. The Morgan fingerprint density at radius 2 is 2.35 bits per heavy atom. The third-order valence-corrected chi connectivity index (χ3v) is 2.71. The molecular formula is C13H13N5O2. The van der Waals surface area contributed by atoms with Crippen molar-refractivity contribution in [1.29, 1.82) is 0 Å². The van der Waals surface area contributed by atoms with Crippen molar-refractivity contribution in [1.82, 2.24) is 19.9 Å². The van der Waals surface area contributed by atoms with Crippen LogP contribution < -0.4 is 10.6 Å². The molecule has 3 heterocycles. The van der Waals surface area contributed by atoms with E-state index in [9.17, 15) is 4.79 Å². The molecule has 3 rings (SSSR count). The SMILES string of the molecule is Cc1cc(NC(=O)NCc2cn3ccccc3n2)no1. The molecule has 0 radical (unpaired) electrons. The number of hydrogen-bond donors (Lipinski definition) is 2. The Hall–Kier alpha value is -2.83. The zero-order chi connectivity index (χ0) is 13.9. The molecule has 0 aliphatic heterocycles. The van der Waals surface area contributed by atoms with Crippen molar-refractivity contribution < 1.29 is 9.32 Å². The number of fused-ring (bicyclic) bond motifs is 1. The number of anilines is 1. The molecule has 7 heteroatoms. The van der Waals surface area contributed by atoms with Crippen molar-refractivity contribution in [2.24, 2.45) is 0 Å². The molecule has 20 heavy (non-hydrogen) atoms. The monoisotopic (exact) mass is 271 g/mol. The van der Waals surface area contributed by atoms with Crippen molar-refractivity contribution >= 4 is 17.5 Å². The molecule has 0 spiro atoms. The van der Waals surface area contributed by atoms with Crippen LogP contribution in [0, 0.1) is 6.92 Å². The molecule has 0 fully saturated rings. The first-order chi connectivity index (χ1) is 9.70. The van der Waals surface area contributed by atoms with Gasteiger partial charge in [0.1, 0.15) is 11.4 Å². The van der Waals surface area contributed by atoms with Crippen LogP contribution in [0.5, 0.6) is 0 Å². The van der Waals surface area contributed by atoms with Gasteiger partial charge in [0.2, 0.25) is 0 Å². The number of rotatable bonds is 3. The van der Waals surface area contributed by atoms with E-state index in [1.54, 1.807) is 13.0 Å². The van der Waals surface area contributed by atoms with E-state index in [0.29, 0.717) is 18.1 Å². The van der Waals surface area contributed by atoms with Crippen molar-refractivity contribution in [3.05, 3.63) is 48.1 Å². The molecule has 102 valence electrons. The second-order valence-corrected chi connectivity index (χ2v) is 4.33. The van der Waals surface area contributed by atoms with E-state index < -0.39 is 0 Å². The van der Waals surface area contributed by atoms with E-state index >= 15 is 0 Å². The number of urea groups is 1. The van der Waals surface area contributed by atoms with Gasteiger partial charge in [-0.25, -0.2) is 9.78 Å². The molecule has 7 nitrogen and oxygen atoms in total. The van der Waals surface area contributed by atoms with Gasteiger partial charge in [-0.1, -0.05) is 11.2 Å². The fourth-order valence-electron chi connectivity index (χ4n) is 1.83. The van der Waals surface area contributed by atoms with E-state index in [4.69, 9.17) is 4.52 Å². The highest BCUT2D eigenvalue weighted by atomic mass is 16.5. The summed E-state index contributed by atoms with van der Waals surface area (Å²) in [4.78, 5) is 16.1. The first kappa shape index (κ1) is 12.2. The molecule has 2 amide bonds. The van der Waals surface area contributed by atoms with Crippen molar-refractivity contribution in [2.45, 2.75) is 13.5 Å². The van der Waals surface area contributed by atoms with Crippen molar-refractivity contribution in [3.8, 4) is 0 Å². The van der Waals surface area contributed by atoms with Gasteiger partial charge in [0.25, 0.3) is 0 Å². The first-order valence-electron chi connectivity index (χ1n) is 6.11. The van der Waals surface area contributed by atoms with Gasteiger partial charge in [0, 0.05) is 18.5 Å². The van der Waals surface area contributed by atoms with Crippen LogP contribution >= 0.6 is 0 Å². The van der Waals surface area contributed by atoms with Gasteiger partial charge in [-0.2, -0.15) is 0 Å². The highest BCUT2D eigenvalue weighted by molar-refractivity contribution is 5.88. The maximum atomic E-state index is 11.7. The molecule has 2 N–H and O–H groups in total. The molecule has 0 bridgehead atoms. The maximum absolute atomic E-state index is 11.7. The summed E-state index contributed by atoms with van der Waals surface area (Å²) in [6, 6.07) is 7.03. The maximum Gasteiger partial charge on any atom is 0.320 e. The van der Waals surface area contributed by atoms with Gasteiger partial charge in [-0.3, -0.25) is 5.32 Å². The Balaban J connectivity index is 1.59. The second-order valence-electron chi connectivity index (χ2n) is 4.33. The highest BCUT2D eigenvalue weighted by Crippen LogP contribution is 2.07. The minimum Gasteiger partial charge on any atom is -0.360 e. The third-order valence-electron chi connectivity index (χ3n) is 2.71. The minimum atomic E-state index is -0.352. The number of nitrogens with zero attached hydrogens (tertiary/aromatic N) is 3. The van der Waals surface area contributed by atoms with Crippen LogP contribution in [0.1, 0.15) is 11.5 Å². The van der Waals surface area contributed by atoms with E-state index in [1.165, 1.54) is 0 Å². The Morgan fingerprint density at radius 3 is 3.10 bits per heavy atom. The predicted octanol–water partition coefficient (Wildman–Crippen LogP) is 1.95. The lowest BCUT2D eigenvalue weighted by molar-refractivity contribution is 0.251. The molecule has 0 saturated heterocycles. The van der Waals surface area contributed by atoms with Crippen LogP contribution in [-0.4, -0.2) is 20.6 Å². The minimum absolute atomic E-state index is 0.338. The average molecular weight is 271 g/mol. The van der Waals surface area contributed by atoms with E-state index in [0.717, 1.165) is 11.3 Å². The number of nitrogens with one attached hydrogen (secondary N) is 2. The summed E-state index contributed by atoms with van der Waals surface area (Å²) in [7, 11) is 0. The molecule has 0 aromatic carbocycles. The van der Waals surface area contributed by atoms with Crippen LogP contribution in [0.3, 0.4) is 0 Å². The number of imidazole rings is 1. The summed E-state index contributed by atoms with van der Waals surface area (Å²) in [5, 5.41) is 8.97. The normalized spacial score (nSPS) is 10.7. The molecule has 0 saturated carbocycles. The van der Waals surface area contributed by atoms with E-state index in [-0.39, 0.29) is 6.03 Å². The van der Waals surface area contributed by atoms with Gasteiger partial charge in [0.15, 0.2) is 5.82 Å². The van der Waals surface area contributed by atoms with Crippen molar-refractivity contribution in [3.63, 3.8) is 0 Å². The number of pyridine rings is 1. The topological polar surface area (TPSA) is 84.5 Å². The first-order valence-corrected chi connectivity index (χ1v) is 6.11. The summed E-state index contributed by atoms with van der Waals surface area (Å²) >= 11 is 0. The second kappa shape index (κ2) is 5.04. The average Bonchev–Trinajstić information content (AvgIpc) is 3.02. The van der Waals surface area contributed by atoms with Crippen LogP contribution in [0.25, 0.3) is 5.65 Å². The Kier molecular flexibility index (Phi) is 3.08. The zero-order valence-corrected chi connectivity index (χ0v) is 10.8. The van der Waals surface area contributed by atoms with Gasteiger partial charge >= 0.3 is 6.03 Å². The Labute approximate surface area is 114 Å². The lowest BCUT2D eigenvalue weighted by atomic mass is 10.4. The predicted molar refractivity (Wildman–Crippen MR) is 72.3 cm³/mol. The molecule has 0 atom stereocenters. The number of aryl methyl sites for hydroxylation is 1. The van der Waals surface area contributed by atoms with E-state index in [1.807, 2.05) is 35.0 Å².